The van der Waals surface area contributed by atoms with Crippen LogP contribution < -0.4 is 9.03 Å². The topological polar surface area (TPSA) is 113 Å². The maximum atomic E-state index is 12.9. The molecule has 4 rings (SSSR count). The summed E-state index contributed by atoms with van der Waals surface area (Å²) in [7, 11) is -7.52. The van der Waals surface area contributed by atoms with E-state index >= 15 is 0 Å². The number of thiophene rings is 1. The van der Waals surface area contributed by atoms with Crippen LogP contribution in [-0.2, 0) is 29.6 Å². The molecule has 1 aromatic heterocycles. The minimum atomic E-state index is -3.82. The molecule has 1 N–H and O–H groups in total. The van der Waals surface area contributed by atoms with Crippen LogP contribution in [0.5, 0.6) is 0 Å². The Labute approximate surface area is 185 Å². The third-order valence-electron chi connectivity index (χ3n) is 5.28. The van der Waals surface area contributed by atoms with Gasteiger partial charge in [0.15, 0.2) is 0 Å². The molecule has 1 aromatic carbocycles. The van der Waals surface area contributed by atoms with Crippen molar-refractivity contribution in [3.63, 3.8) is 0 Å². The number of amides is 1. The van der Waals surface area contributed by atoms with Gasteiger partial charge in [0.2, 0.25) is 26.0 Å². The first-order valence-corrected chi connectivity index (χ1v) is 13.8. The van der Waals surface area contributed by atoms with Gasteiger partial charge in [0.05, 0.1) is 35.6 Å². The fraction of sp³-hybridized carbons (Fsp3) is 0.421. The standard InChI is InChI=1S/C19H23N3O6S3/c23-19-7-13-30(24,25)22(19)15-3-5-16(6-4-15)31(26,27)20-14-17(18-2-1-12-29-18)21-8-10-28-11-9-21/h1-6,12,17,20H,7-11,13-14H2. The van der Waals surface area contributed by atoms with Crippen LogP contribution in [0.4, 0.5) is 5.69 Å². The van der Waals surface area contributed by atoms with Crippen LogP contribution in [0.3, 0.4) is 0 Å². The number of hydrogen-bond donors (Lipinski definition) is 1. The summed E-state index contributed by atoms with van der Waals surface area (Å²) in [6.07, 6.45) is -0.0738. The van der Waals surface area contributed by atoms with E-state index < -0.39 is 26.0 Å². The van der Waals surface area contributed by atoms with Gasteiger partial charge in [-0.3, -0.25) is 9.69 Å². The Hall–Kier alpha value is -1.83. The van der Waals surface area contributed by atoms with Crippen molar-refractivity contribution in [1.82, 2.24) is 9.62 Å². The van der Waals surface area contributed by atoms with Gasteiger partial charge in [-0.15, -0.1) is 11.3 Å². The van der Waals surface area contributed by atoms with Crippen molar-refractivity contribution in [3.05, 3.63) is 46.7 Å². The number of ether oxygens (including phenoxy) is 1. The fourth-order valence-electron chi connectivity index (χ4n) is 3.68. The van der Waals surface area contributed by atoms with Crippen molar-refractivity contribution in [3.8, 4) is 0 Å². The molecule has 1 unspecified atom stereocenters. The van der Waals surface area contributed by atoms with E-state index in [2.05, 4.69) is 9.62 Å². The van der Waals surface area contributed by atoms with E-state index in [1.165, 1.54) is 24.3 Å². The number of rotatable bonds is 7. The molecule has 2 aliphatic heterocycles. The molecule has 2 aliphatic rings. The second kappa shape index (κ2) is 8.96. The molecule has 9 nitrogen and oxygen atoms in total. The molecule has 3 heterocycles. The summed E-state index contributed by atoms with van der Waals surface area (Å²) in [5.41, 5.74) is 0.145. The van der Waals surface area contributed by atoms with Crippen LogP contribution in [0.25, 0.3) is 0 Å². The number of nitrogens with one attached hydrogen (secondary N) is 1. The van der Waals surface area contributed by atoms with Crippen molar-refractivity contribution in [2.45, 2.75) is 17.4 Å². The van der Waals surface area contributed by atoms with Gasteiger partial charge in [-0.05, 0) is 35.7 Å². The van der Waals surface area contributed by atoms with E-state index in [1.54, 1.807) is 11.3 Å². The molecule has 31 heavy (non-hydrogen) atoms. The van der Waals surface area contributed by atoms with Crippen molar-refractivity contribution in [1.29, 1.82) is 0 Å². The number of anilines is 1. The first kappa shape index (κ1) is 22.4. The number of morpholine rings is 1. The van der Waals surface area contributed by atoms with Gasteiger partial charge in [-0.1, -0.05) is 6.07 Å². The Morgan fingerprint density at radius 2 is 1.84 bits per heavy atom. The lowest BCUT2D eigenvalue weighted by atomic mass is 10.2. The highest BCUT2D eigenvalue weighted by atomic mass is 32.2. The highest BCUT2D eigenvalue weighted by molar-refractivity contribution is 7.94. The molecular weight excluding hydrogens is 462 g/mol. The van der Waals surface area contributed by atoms with E-state index in [4.69, 9.17) is 4.74 Å². The Balaban J connectivity index is 1.49. The van der Waals surface area contributed by atoms with Gasteiger partial charge in [0.1, 0.15) is 0 Å². The predicted octanol–water partition coefficient (Wildman–Crippen LogP) is 1.17. The van der Waals surface area contributed by atoms with Crippen LogP contribution in [0, 0.1) is 0 Å². The Bertz CT molecular complexity index is 1130. The zero-order chi connectivity index (χ0) is 22.1. The minimum absolute atomic E-state index is 0.00667. The maximum absolute atomic E-state index is 12.9. The third kappa shape index (κ3) is 4.83. The summed E-state index contributed by atoms with van der Waals surface area (Å²) in [6, 6.07) is 9.13. The fourth-order valence-corrected chi connectivity index (χ4v) is 7.04. The molecule has 2 saturated heterocycles. The van der Waals surface area contributed by atoms with Gasteiger partial charge in [0.25, 0.3) is 0 Å². The summed E-state index contributed by atoms with van der Waals surface area (Å²) in [5, 5.41) is 1.96. The van der Waals surface area contributed by atoms with E-state index in [0.717, 1.165) is 22.3 Å². The first-order chi connectivity index (χ1) is 14.8. The van der Waals surface area contributed by atoms with Crippen LogP contribution in [-0.4, -0.2) is 66.2 Å². The monoisotopic (exact) mass is 485 g/mol. The summed E-state index contributed by atoms with van der Waals surface area (Å²) in [5.74, 6) is -0.753. The van der Waals surface area contributed by atoms with Gasteiger partial charge < -0.3 is 4.74 Å². The molecule has 1 atom stereocenters. The number of benzene rings is 1. The second-order valence-corrected chi connectivity index (χ2v) is 11.9. The minimum Gasteiger partial charge on any atom is -0.379 e. The molecule has 2 fully saturated rings. The van der Waals surface area contributed by atoms with Crippen LogP contribution >= 0.6 is 11.3 Å². The average molecular weight is 486 g/mol. The summed E-state index contributed by atoms with van der Waals surface area (Å²) < 4.78 is 58.7. The average Bonchev–Trinajstić information content (AvgIpc) is 3.37. The first-order valence-electron chi connectivity index (χ1n) is 9.79. The molecule has 12 heteroatoms. The van der Waals surface area contributed by atoms with Gasteiger partial charge in [-0.2, -0.15) is 0 Å². The lowest BCUT2D eigenvalue weighted by Gasteiger charge is -2.34. The molecule has 0 saturated carbocycles. The molecule has 2 aromatic rings. The number of carbonyl (C=O) groups is 1. The Kier molecular flexibility index (Phi) is 6.47. The predicted molar refractivity (Wildman–Crippen MR) is 117 cm³/mol. The smallest absolute Gasteiger partial charge is 0.242 e. The van der Waals surface area contributed by atoms with E-state index in [9.17, 15) is 21.6 Å². The summed E-state index contributed by atoms with van der Waals surface area (Å²) in [6.45, 7) is 2.85. The number of carbonyl (C=O) groups excluding carboxylic acids is 1. The zero-order valence-corrected chi connectivity index (χ0v) is 19.1. The SMILES string of the molecule is O=C1CCS(=O)(=O)N1c1ccc(S(=O)(=O)NCC(c2cccs2)N2CCOCC2)cc1. The Morgan fingerprint density at radius 3 is 2.42 bits per heavy atom. The molecule has 0 aliphatic carbocycles. The van der Waals surface area contributed by atoms with E-state index in [0.29, 0.717) is 13.2 Å². The van der Waals surface area contributed by atoms with E-state index in [1.807, 2.05) is 17.5 Å². The second-order valence-electron chi connectivity index (χ2n) is 7.25. The van der Waals surface area contributed by atoms with Crippen molar-refractivity contribution < 1.29 is 26.4 Å². The quantitative estimate of drug-likeness (QED) is 0.626. The highest BCUT2D eigenvalue weighted by Gasteiger charge is 2.36. The lowest BCUT2D eigenvalue weighted by Crippen LogP contribution is -2.43. The lowest BCUT2D eigenvalue weighted by molar-refractivity contribution is -0.116. The molecule has 0 spiro atoms. The van der Waals surface area contributed by atoms with Crippen LogP contribution in [0.2, 0.25) is 0 Å². The van der Waals surface area contributed by atoms with Gasteiger partial charge in [0, 0.05) is 30.9 Å². The number of hydrogen-bond acceptors (Lipinski definition) is 8. The molecule has 1 amide bonds. The third-order valence-corrected chi connectivity index (χ3v) is 9.39. The molecule has 168 valence electrons. The van der Waals surface area contributed by atoms with Crippen LogP contribution in [0.15, 0.2) is 46.7 Å². The summed E-state index contributed by atoms with van der Waals surface area (Å²) in [4.78, 5) is 15.2. The number of nitrogens with zero attached hydrogens (tertiary/aromatic N) is 2. The zero-order valence-electron chi connectivity index (χ0n) is 16.6. The van der Waals surface area contributed by atoms with Gasteiger partial charge >= 0.3 is 0 Å². The Morgan fingerprint density at radius 1 is 1.13 bits per heavy atom. The normalized spacial score (nSPS) is 20.8. The van der Waals surface area contributed by atoms with Crippen molar-refractivity contribution >= 4 is 43.0 Å². The van der Waals surface area contributed by atoms with Crippen molar-refractivity contribution in [2.75, 3.05) is 42.9 Å². The summed E-state index contributed by atoms with van der Waals surface area (Å²) >= 11 is 1.58. The number of sulfonamides is 2. The highest BCUT2D eigenvalue weighted by Crippen LogP contribution is 2.28. The largest absolute Gasteiger partial charge is 0.379 e. The molecule has 0 bridgehead atoms. The van der Waals surface area contributed by atoms with Gasteiger partial charge in [-0.25, -0.2) is 25.9 Å². The van der Waals surface area contributed by atoms with Crippen molar-refractivity contribution in [2.24, 2.45) is 0 Å². The van der Waals surface area contributed by atoms with E-state index in [-0.39, 0.29) is 35.3 Å². The maximum Gasteiger partial charge on any atom is 0.242 e. The van der Waals surface area contributed by atoms with Crippen LogP contribution in [0.1, 0.15) is 17.3 Å². The molecule has 0 radical (unpaired) electrons. The molecular formula is C19H23N3O6S3.